The molecule has 102 valence electrons. The molecule has 0 aliphatic heterocycles. The van der Waals surface area contributed by atoms with Crippen LogP contribution in [-0.4, -0.2) is 41.0 Å². The number of nitrogens with one attached hydrogen (secondary N) is 1. The van der Waals surface area contributed by atoms with Crippen LogP contribution in [0.1, 0.15) is 20.3 Å². The molecule has 0 spiro atoms. The lowest BCUT2D eigenvalue weighted by molar-refractivity contribution is -0.155. The molecule has 8 heteroatoms. The van der Waals surface area contributed by atoms with E-state index in [1.807, 2.05) is 0 Å². The van der Waals surface area contributed by atoms with Crippen LogP contribution in [0.2, 0.25) is 0 Å². The minimum Gasteiger partial charge on any atom is -0.409 e. The number of nitrogens with zero attached hydrogens (tertiary/aromatic N) is 1. The van der Waals surface area contributed by atoms with Gasteiger partial charge < -0.3 is 21.4 Å². The van der Waals surface area contributed by atoms with Crippen molar-refractivity contribution in [3.8, 4) is 0 Å². The zero-order chi connectivity index (χ0) is 13.7. The van der Waals surface area contributed by atoms with Gasteiger partial charge in [0.2, 0.25) is 0 Å². The first-order chi connectivity index (χ1) is 7.64. The number of aliphatic hydroxyl groups excluding tert-OH is 1. The number of halogens is 3. The first-order valence-corrected chi connectivity index (χ1v) is 5.04. The van der Waals surface area contributed by atoms with Crippen molar-refractivity contribution in [3.05, 3.63) is 0 Å². The van der Waals surface area contributed by atoms with Crippen molar-refractivity contribution in [3.63, 3.8) is 0 Å². The van der Waals surface area contributed by atoms with E-state index in [1.54, 1.807) is 13.8 Å². The van der Waals surface area contributed by atoms with Gasteiger partial charge >= 0.3 is 6.18 Å². The quantitative estimate of drug-likeness (QED) is 0.243. The highest BCUT2D eigenvalue weighted by Crippen LogP contribution is 2.26. The lowest BCUT2D eigenvalue weighted by atomic mass is 9.99. The van der Waals surface area contributed by atoms with Gasteiger partial charge in [-0.3, -0.25) is 0 Å². The Hall–Kier alpha value is -1.02. The van der Waals surface area contributed by atoms with Crippen LogP contribution in [-0.2, 0) is 0 Å². The van der Waals surface area contributed by atoms with E-state index in [0.29, 0.717) is 6.42 Å². The van der Waals surface area contributed by atoms with Crippen LogP contribution in [0.4, 0.5) is 13.2 Å². The van der Waals surface area contributed by atoms with Crippen molar-refractivity contribution >= 4 is 5.84 Å². The maximum absolute atomic E-state index is 12.6. The van der Waals surface area contributed by atoms with E-state index in [2.05, 4.69) is 10.5 Å². The Morgan fingerprint density at radius 3 is 2.29 bits per heavy atom. The third kappa shape index (κ3) is 5.73. The van der Waals surface area contributed by atoms with E-state index >= 15 is 0 Å². The topological polar surface area (TPSA) is 90.9 Å². The first kappa shape index (κ1) is 16.0. The van der Waals surface area contributed by atoms with Crippen molar-refractivity contribution in [2.24, 2.45) is 16.8 Å². The molecular formula is C9H18F3N3O2. The van der Waals surface area contributed by atoms with E-state index in [-0.39, 0.29) is 6.61 Å². The summed E-state index contributed by atoms with van der Waals surface area (Å²) in [5, 5.41) is 22.0. The molecule has 0 saturated heterocycles. The molecule has 5 N–H and O–H groups in total. The molecule has 0 rings (SSSR count). The molecule has 0 saturated carbocycles. The molecule has 0 bridgehead atoms. The number of amidine groups is 1. The number of oxime groups is 1. The Kier molecular flexibility index (Phi) is 5.70. The molecular weight excluding hydrogens is 239 g/mol. The Labute approximate surface area is 97.5 Å². The number of aliphatic hydroxyl groups is 1. The lowest BCUT2D eigenvalue weighted by Gasteiger charge is -2.28. The van der Waals surface area contributed by atoms with E-state index in [1.165, 1.54) is 0 Å². The van der Waals surface area contributed by atoms with Crippen molar-refractivity contribution in [2.45, 2.75) is 32.0 Å². The summed E-state index contributed by atoms with van der Waals surface area (Å²) in [6.07, 6.45) is -4.29. The summed E-state index contributed by atoms with van der Waals surface area (Å²) in [6.45, 7) is 2.67. The van der Waals surface area contributed by atoms with Crippen molar-refractivity contribution in [1.82, 2.24) is 5.32 Å². The standard InChI is InChI=1S/C9H18F3N3O2/c1-8(2,3-4-16)14-5-6(7(13)15-17)9(10,11)12/h6,14,16-17H,3-5H2,1-2H3,(H2,13,15). The fraction of sp³-hybridized carbons (Fsp3) is 0.889. The van der Waals surface area contributed by atoms with E-state index < -0.39 is 30.0 Å². The average Bonchev–Trinajstić information content (AvgIpc) is 2.15. The van der Waals surface area contributed by atoms with Crippen molar-refractivity contribution in [2.75, 3.05) is 13.2 Å². The zero-order valence-corrected chi connectivity index (χ0v) is 9.75. The third-order valence-corrected chi connectivity index (χ3v) is 2.39. The zero-order valence-electron chi connectivity index (χ0n) is 9.75. The highest BCUT2D eigenvalue weighted by atomic mass is 19.4. The largest absolute Gasteiger partial charge is 0.409 e. The molecule has 0 amide bonds. The molecule has 0 aromatic heterocycles. The van der Waals surface area contributed by atoms with Crippen LogP contribution in [0.15, 0.2) is 5.16 Å². The number of hydrogen-bond donors (Lipinski definition) is 4. The molecule has 0 heterocycles. The maximum Gasteiger partial charge on any atom is 0.400 e. The summed E-state index contributed by atoms with van der Waals surface area (Å²) in [4.78, 5) is 0. The molecule has 0 fully saturated rings. The SMILES string of the molecule is CC(C)(CCO)NCC(C(N)=NO)C(F)(F)F. The van der Waals surface area contributed by atoms with Crippen LogP contribution in [0, 0.1) is 5.92 Å². The molecule has 5 nitrogen and oxygen atoms in total. The Morgan fingerprint density at radius 2 is 1.94 bits per heavy atom. The maximum atomic E-state index is 12.6. The van der Waals surface area contributed by atoms with Gasteiger partial charge in [0.1, 0.15) is 5.92 Å². The van der Waals surface area contributed by atoms with Crippen LogP contribution in [0.3, 0.4) is 0 Å². The predicted molar refractivity (Wildman–Crippen MR) is 56.7 cm³/mol. The monoisotopic (exact) mass is 257 g/mol. The highest BCUT2D eigenvalue weighted by Gasteiger charge is 2.43. The van der Waals surface area contributed by atoms with Crippen LogP contribution in [0.25, 0.3) is 0 Å². The number of rotatable bonds is 6. The molecule has 0 aromatic carbocycles. The highest BCUT2D eigenvalue weighted by molar-refractivity contribution is 5.83. The Bertz CT molecular complexity index is 267. The summed E-state index contributed by atoms with van der Waals surface area (Å²) in [6, 6.07) is 0. The summed E-state index contributed by atoms with van der Waals surface area (Å²) in [5.41, 5.74) is 4.34. The minimum atomic E-state index is -4.58. The second-order valence-electron chi connectivity index (χ2n) is 4.36. The van der Waals surface area contributed by atoms with Gasteiger partial charge in [0.15, 0.2) is 5.84 Å². The molecule has 17 heavy (non-hydrogen) atoms. The first-order valence-electron chi connectivity index (χ1n) is 5.04. The van der Waals surface area contributed by atoms with Gasteiger partial charge in [-0.2, -0.15) is 13.2 Å². The van der Waals surface area contributed by atoms with E-state index in [0.717, 1.165) is 0 Å². The average molecular weight is 257 g/mol. The van der Waals surface area contributed by atoms with Crippen molar-refractivity contribution < 1.29 is 23.5 Å². The van der Waals surface area contributed by atoms with Crippen LogP contribution in [0.5, 0.6) is 0 Å². The van der Waals surface area contributed by atoms with Gasteiger partial charge in [-0.15, -0.1) is 0 Å². The third-order valence-electron chi connectivity index (χ3n) is 2.39. The molecule has 0 aliphatic carbocycles. The molecule has 0 aromatic rings. The fourth-order valence-electron chi connectivity index (χ4n) is 1.20. The summed E-state index contributed by atoms with van der Waals surface area (Å²) in [5.74, 6) is -2.93. The van der Waals surface area contributed by atoms with Gasteiger partial charge in [-0.05, 0) is 20.3 Å². The van der Waals surface area contributed by atoms with Gasteiger partial charge in [0.25, 0.3) is 0 Å². The Morgan fingerprint density at radius 1 is 1.41 bits per heavy atom. The smallest absolute Gasteiger partial charge is 0.400 e. The number of alkyl halides is 3. The number of nitrogens with two attached hydrogens (primary N) is 1. The second-order valence-corrected chi connectivity index (χ2v) is 4.36. The van der Waals surface area contributed by atoms with Gasteiger partial charge in [0.05, 0.1) is 0 Å². The molecule has 0 aliphatic rings. The normalized spacial score (nSPS) is 16.0. The lowest BCUT2D eigenvalue weighted by Crippen LogP contribution is -2.49. The fourth-order valence-corrected chi connectivity index (χ4v) is 1.20. The van der Waals surface area contributed by atoms with E-state index in [4.69, 9.17) is 16.0 Å². The van der Waals surface area contributed by atoms with Crippen molar-refractivity contribution in [1.29, 1.82) is 0 Å². The van der Waals surface area contributed by atoms with Gasteiger partial charge in [-0.1, -0.05) is 5.16 Å². The molecule has 1 unspecified atom stereocenters. The van der Waals surface area contributed by atoms with Crippen LogP contribution < -0.4 is 11.1 Å². The van der Waals surface area contributed by atoms with Gasteiger partial charge in [-0.25, -0.2) is 0 Å². The number of hydrogen-bond acceptors (Lipinski definition) is 4. The Balaban J connectivity index is 4.58. The second kappa shape index (κ2) is 6.06. The van der Waals surface area contributed by atoms with Gasteiger partial charge in [0, 0.05) is 18.7 Å². The summed E-state index contributed by atoms with van der Waals surface area (Å²) in [7, 11) is 0. The molecule has 0 radical (unpaired) electrons. The van der Waals surface area contributed by atoms with E-state index in [9.17, 15) is 13.2 Å². The molecule has 1 atom stereocenters. The summed E-state index contributed by atoms with van der Waals surface area (Å²) < 4.78 is 37.7. The summed E-state index contributed by atoms with van der Waals surface area (Å²) >= 11 is 0. The minimum absolute atomic E-state index is 0.139. The predicted octanol–water partition coefficient (Wildman–Crippen LogP) is 0.662. The van der Waals surface area contributed by atoms with Crippen LogP contribution >= 0.6 is 0 Å².